The second-order valence-electron chi connectivity index (χ2n) is 5.77. The van der Waals surface area contributed by atoms with Gasteiger partial charge in [-0.25, -0.2) is 4.98 Å². The van der Waals surface area contributed by atoms with E-state index in [4.69, 9.17) is 15.9 Å². The third-order valence-electron chi connectivity index (χ3n) is 4.11. The van der Waals surface area contributed by atoms with Gasteiger partial charge in [0, 0.05) is 12.3 Å². The highest BCUT2D eigenvalue weighted by molar-refractivity contribution is 7.99. The van der Waals surface area contributed by atoms with Crippen LogP contribution in [0.3, 0.4) is 0 Å². The quantitative estimate of drug-likeness (QED) is 0.451. The number of nitrogens with zero attached hydrogens (tertiary/aromatic N) is 1. The summed E-state index contributed by atoms with van der Waals surface area (Å²) in [5.41, 5.74) is 0.908. The average Bonchev–Trinajstić information content (AvgIpc) is 2.66. The van der Waals surface area contributed by atoms with E-state index >= 15 is 0 Å². The van der Waals surface area contributed by atoms with E-state index in [1.165, 1.54) is 11.8 Å². The number of carbonyl (C=O) groups excluding carboxylic acids is 1. The molecule has 3 rings (SSSR count). The fourth-order valence-electron chi connectivity index (χ4n) is 2.99. The molecule has 0 radical (unpaired) electrons. The second-order valence-corrected chi connectivity index (χ2v) is 6.74. The van der Waals surface area contributed by atoms with Gasteiger partial charge in [0.05, 0.1) is 25.0 Å². The van der Waals surface area contributed by atoms with Crippen LogP contribution in [0.1, 0.15) is 30.4 Å². The van der Waals surface area contributed by atoms with E-state index in [2.05, 4.69) is 21.2 Å². The Labute approximate surface area is 160 Å². The topological polar surface area (TPSA) is 93.3 Å². The first kappa shape index (κ1) is 18.9. The minimum atomic E-state index is -0.429. The molecule has 2 aromatic rings. The summed E-state index contributed by atoms with van der Waals surface area (Å²) < 4.78 is 10.9. The Bertz CT molecular complexity index is 964. The van der Waals surface area contributed by atoms with Gasteiger partial charge in [0.25, 0.3) is 5.56 Å². The molecule has 140 valence electrons. The Kier molecular flexibility index (Phi) is 5.72. The minimum Gasteiger partial charge on any atom is -0.493 e. The highest BCUT2D eigenvalue weighted by Gasteiger charge is 2.31. The number of aromatic amines is 1. The van der Waals surface area contributed by atoms with Crippen LogP contribution >= 0.6 is 11.8 Å². The first-order valence-electron chi connectivity index (χ1n) is 8.38. The molecular weight excluding hydrogens is 366 g/mol. The number of fused-ring (bicyclic) bond motifs is 1. The first-order chi connectivity index (χ1) is 13.1. The van der Waals surface area contributed by atoms with Crippen LogP contribution in [0.5, 0.6) is 11.5 Å². The predicted octanol–water partition coefficient (Wildman–Crippen LogP) is 2.38. The van der Waals surface area contributed by atoms with Crippen LogP contribution in [-0.4, -0.2) is 35.3 Å². The highest BCUT2D eigenvalue weighted by Crippen LogP contribution is 2.38. The summed E-state index contributed by atoms with van der Waals surface area (Å²) in [5, 5.41) is 3.06. The van der Waals surface area contributed by atoms with Crippen molar-refractivity contribution in [2.24, 2.45) is 0 Å². The molecule has 1 atom stereocenters. The fourth-order valence-corrected chi connectivity index (χ4v) is 3.53. The molecule has 1 aliphatic heterocycles. The zero-order chi connectivity index (χ0) is 19.4. The van der Waals surface area contributed by atoms with Crippen molar-refractivity contribution in [3.8, 4) is 23.8 Å². The number of ether oxygens (including phenoxy) is 2. The Morgan fingerprint density at radius 3 is 2.89 bits per heavy atom. The first-order valence-corrected chi connectivity index (χ1v) is 9.37. The number of amides is 1. The number of hydrogen-bond acceptors (Lipinski definition) is 6. The van der Waals surface area contributed by atoms with Crippen molar-refractivity contribution in [3.05, 3.63) is 39.7 Å². The lowest BCUT2D eigenvalue weighted by Gasteiger charge is -2.25. The zero-order valence-electron chi connectivity index (χ0n) is 15.0. The second kappa shape index (κ2) is 8.18. The normalized spacial score (nSPS) is 15.4. The standard InChI is InChI=1S/C19H19N3O4S/c1-4-8-27-19-21-17-16(18(24)22-19)12(10-15(23)20-17)11-6-7-13(26-5-2)14(9-11)25-3/h1,6-7,9,12H,5,8,10H2,2-3H3,(H2,20,21,22,23,24)/t12-/m0/s1. The molecular formula is C19H19N3O4S. The van der Waals surface area contributed by atoms with E-state index in [1.54, 1.807) is 19.2 Å². The van der Waals surface area contributed by atoms with E-state index in [-0.39, 0.29) is 23.7 Å². The number of methoxy groups -OCH3 is 1. The molecule has 1 aromatic carbocycles. The van der Waals surface area contributed by atoms with Gasteiger partial charge < -0.3 is 19.8 Å². The van der Waals surface area contributed by atoms with Crippen molar-refractivity contribution in [3.63, 3.8) is 0 Å². The molecule has 0 saturated heterocycles. The minimum absolute atomic E-state index is 0.145. The van der Waals surface area contributed by atoms with Crippen LogP contribution in [0.15, 0.2) is 28.2 Å². The lowest BCUT2D eigenvalue weighted by molar-refractivity contribution is -0.116. The summed E-state index contributed by atoms with van der Waals surface area (Å²) in [4.78, 5) is 32.0. The van der Waals surface area contributed by atoms with Gasteiger partial charge in [0.2, 0.25) is 5.91 Å². The smallest absolute Gasteiger partial charge is 0.257 e. The Morgan fingerprint density at radius 2 is 2.19 bits per heavy atom. The molecule has 0 bridgehead atoms. The summed E-state index contributed by atoms with van der Waals surface area (Å²) in [6.07, 6.45) is 5.40. The number of aromatic nitrogens is 2. The largest absolute Gasteiger partial charge is 0.493 e. The molecule has 7 nitrogen and oxygen atoms in total. The number of thioether (sulfide) groups is 1. The Morgan fingerprint density at radius 1 is 1.37 bits per heavy atom. The maximum absolute atomic E-state index is 12.7. The number of H-pyrrole nitrogens is 1. The molecule has 0 unspecified atom stereocenters. The SMILES string of the molecule is C#CCSc1nc2c(c(=O)[nH]1)[C@H](c1ccc(OCC)c(OC)c1)CC(=O)N2. The number of rotatable bonds is 6. The maximum atomic E-state index is 12.7. The van der Waals surface area contributed by atoms with E-state index in [0.717, 1.165) is 5.56 Å². The maximum Gasteiger partial charge on any atom is 0.257 e. The number of hydrogen-bond donors (Lipinski definition) is 2. The van der Waals surface area contributed by atoms with E-state index < -0.39 is 5.92 Å². The van der Waals surface area contributed by atoms with Crippen LogP contribution in [0, 0.1) is 12.3 Å². The third-order valence-corrected chi connectivity index (χ3v) is 4.89. The van der Waals surface area contributed by atoms with Gasteiger partial charge in [-0.3, -0.25) is 9.59 Å². The van der Waals surface area contributed by atoms with Crippen molar-refractivity contribution in [2.45, 2.75) is 24.4 Å². The van der Waals surface area contributed by atoms with Gasteiger partial charge in [0.15, 0.2) is 16.7 Å². The van der Waals surface area contributed by atoms with Crippen molar-refractivity contribution in [1.29, 1.82) is 0 Å². The van der Waals surface area contributed by atoms with Gasteiger partial charge in [-0.1, -0.05) is 23.7 Å². The van der Waals surface area contributed by atoms with Gasteiger partial charge in [-0.05, 0) is 24.6 Å². The molecule has 0 spiro atoms. The molecule has 8 heteroatoms. The van der Waals surface area contributed by atoms with Gasteiger partial charge >= 0.3 is 0 Å². The molecule has 2 N–H and O–H groups in total. The van der Waals surface area contributed by atoms with Gasteiger partial charge in [-0.15, -0.1) is 6.42 Å². The predicted molar refractivity (Wildman–Crippen MR) is 104 cm³/mol. The molecule has 1 amide bonds. The van der Waals surface area contributed by atoms with E-state index in [9.17, 15) is 9.59 Å². The number of benzene rings is 1. The van der Waals surface area contributed by atoms with Crippen molar-refractivity contribution in [2.75, 3.05) is 24.8 Å². The molecule has 0 aliphatic carbocycles. The van der Waals surface area contributed by atoms with Crippen LogP contribution in [0.2, 0.25) is 0 Å². The number of terminal acetylenes is 1. The average molecular weight is 385 g/mol. The zero-order valence-corrected chi connectivity index (χ0v) is 15.8. The molecule has 27 heavy (non-hydrogen) atoms. The summed E-state index contributed by atoms with van der Waals surface area (Å²) in [6, 6.07) is 5.40. The molecule has 1 aliphatic rings. The van der Waals surface area contributed by atoms with E-state index in [1.807, 2.05) is 13.0 Å². The lowest BCUT2D eigenvalue weighted by atomic mass is 9.86. The van der Waals surface area contributed by atoms with Crippen LogP contribution < -0.4 is 20.3 Å². The summed E-state index contributed by atoms with van der Waals surface area (Å²) in [7, 11) is 1.55. The molecule has 2 heterocycles. The number of nitrogens with one attached hydrogen (secondary N) is 2. The summed E-state index contributed by atoms with van der Waals surface area (Å²) in [6.45, 7) is 2.39. The van der Waals surface area contributed by atoms with Crippen LogP contribution in [0.25, 0.3) is 0 Å². The molecule has 0 saturated carbocycles. The monoisotopic (exact) mass is 385 g/mol. The van der Waals surface area contributed by atoms with Crippen molar-refractivity contribution < 1.29 is 14.3 Å². The van der Waals surface area contributed by atoms with Crippen LogP contribution in [0.4, 0.5) is 5.82 Å². The summed E-state index contributed by atoms with van der Waals surface area (Å²) in [5.74, 6) is 3.64. The van der Waals surface area contributed by atoms with Gasteiger partial charge in [-0.2, -0.15) is 0 Å². The summed E-state index contributed by atoms with van der Waals surface area (Å²) >= 11 is 1.23. The third kappa shape index (κ3) is 3.93. The number of carbonyl (C=O) groups is 1. The Balaban J connectivity index is 2.05. The van der Waals surface area contributed by atoms with Crippen molar-refractivity contribution >= 4 is 23.5 Å². The molecule has 0 fully saturated rings. The fraction of sp³-hybridized carbons (Fsp3) is 0.316. The van der Waals surface area contributed by atoms with Gasteiger partial charge in [0.1, 0.15) is 5.82 Å². The van der Waals surface area contributed by atoms with Crippen molar-refractivity contribution in [1.82, 2.24) is 9.97 Å². The van der Waals surface area contributed by atoms with Crippen LogP contribution in [-0.2, 0) is 4.79 Å². The van der Waals surface area contributed by atoms with E-state index in [0.29, 0.717) is 34.6 Å². The number of anilines is 1. The lowest BCUT2D eigenvalue weighted by Crippen LogP contribution is -2.31. The molecule has 1 aromatic heterocycles. The highest BCUT2D eigenvalue weighted by atomic mass is 32.2. The Hall–Kier alpha value is -2.92.